The Labute approximate surface area is 116 Å². The summed E-state index contributed by atoms with van der Waals surface area (Å²) >= 11 is 0. The molecule has 6 nitrogen and oxygen atoms in total. The fourth-order valence-corrected chi connectivity index (χ4v) is 2.75. The molecule has 0 aromatic heterocycles. The molecule has 6 heteroatoms. The number of ether oxygens (including phenoxy) is 2. The predicted octanol–water partition coefficient (Wildman–Crippen LogP) is 0.346. The largest absolute Gasteiger partial charge is 0.486 e. The molecule has 1 aromatic carbocycles. The Hall–Kier alpha value is -1.79. The van der Waals surface area contributed by atoms with E-state index in [0.717, 1.165) is 0 Å². The van der Waals surface area contributed by atoms with Gasteiger partial charge >= 0.3 is 5.97 Å². The molecule has 1 saturated heterocycles. The molecule has 0 saturated carbocycles. The third-order valence-electron chi connectivity index (χ3n) is 3.67. The van der Waals surface area contributed by atoms with Gasteiger partial charge in [-0.15, -0.1) is 0 Å². The summed E-state index contributed by atoms with van der Waals surface area (Å²) < 4.78 is 11.4. The van der Waals surface area contributed by atoms with Gasteiger partial charge < -0.3 is 19.7 Å². The normalized spacial score (nSPS) is 29.4. The summed E-state index contributed by atoms with van der Waals surface area (Å²) in [6.45, 7) is 1.18. The Bertz CT molecular complexity index is 506. The SMILES string of the molecule is O=C(O)C1CC(O)CN1CC1COc2ccccc2O1. The molecule has 3 atom stereocenters. The Morgan fingerprint density at radius 1 is 1.35 bits per heavy atom. The molecule has 108 valence electrons. The molecule has 1 fully saturated rings. The zero-order valence-corrected chi connectivity index (χ0v) is 10.9. The van der Waals surface area contributed by atoms with Crippen molar-refractivity contribution in [1.29, 1.82) is 0 Å². The summed E-state index contributed by atoms with van der Waals surface area (Å²) in [5.41, 5.74) is 0. The highest BCUT2D eigenvalue weighted by atomic mass is 16.6. The lowest BCUT2D eigenvalue weighted by Crippen LogP contribution is -2.45. The number of carboxylic acid groups (broad SMARTS) is 1. The molecule has 3 unspecified atom stereocenters. The van der Waals surface area contributed by atoms with Crippen LogP contribution in [0, 0.1) is 0 Å². The molecule has 0 amide bonds. The second-order valence-corrected chi connectivity index (χ2v) is 5.20. The third kappa shape index (κ3) is 2.57. The monoisotopic (exact) mass is 279 g/mol. The molecule has 2 aliphatic rings. The summed E-state index contributed by atoms with van der Waals surface area (Å²) in [6.07, 6.45) is -0.551. The summed E-state index contributed by atoms with van der Waals surface area (Å²) in [5, 5.41) is 18.8. The Kier molecular flexibility index (Phi) is 3.50. The number of fused-ring (bicyclic) bond motifs is 1. The van der Waals surface area contributed by atoms with Crippen molar-refractivity contribution in [3.8, 4) is 11.5 Å². The van der Waals surface area contributed by atoms with E-state index in [1.54, 1.807) is 4.90 Å². The van der Waals surface area contributed by atoms with Crippen LogP contribution in [-0.2, 0) is 4.79 Å². The third-order valence-corrected chi connectivity index (χ3v) is 3.67. The molecule has 2 heterocycles. The van der Waals surface area contributed by atoms with Crippen LogP contribution in [0.4, 0.5) is 0 Å². The van der Waals surface area contributed by atoms with Crippen molar-refractivity contribution < 1.29 is 24.5 Å². The Morgan fingerprint density at radius 3 is 2.85 bits per heavy atom. The molecule has 0 spiro atoms. The van der Waals surface area contributed by atoms with E-state index in [2.05, 4.69) is 0 Å². The fourth-order valence-electron chi connectivity index (χ4n) is 2.75. The van der Waals surface area contributed by atoms with Gasteiger partial charge in [0.05, 0.1) is 6.10 Å². The van der Waals surface area contributed by atoms with Gasteiger partial charge in [-0.1, -0.05) is 12.1 Å². The molecular weight excluding hydrogens is 262 g/mol. The van der Waals surface area contributed by atoms with Crippen LogP contribution in [0.5, 0.6) is 11.5 Å². The zero-order valence-electron chi connectivity index (χ0n) is 10.9. The van der Waals surface area contributed by atoms with Crippen molar-refractivity contribution in [3.63, 3.8) is 0 Å². The number of carboxylic acids is 1. The minimum Gasteiger partial charge on any atom is -0.486 e. The average molecular weight is 279 g/mol. The lowest BCUT2D eigenvalue weighted by Gasteiger charge is -2.30. The molecule has 0 aliphatic carbocycles. The summed E-state index contributed by atoms with van der Waals surface area (Å²) in [4.78, 5) is 12.9. The predicted molar refractivity (Wildman–Crippen MR) is 70.0 cm³/mol. The number of hydrogen-bond donors (Lipinski definition) is 2. The van der Waals surface area contributed by atoms with E-state index < -0.39 is 18.1 Å². The maximum absolute atomic E-state index is 11.2. The van der Waals surface area contributed by atoms with Crippen LogP contribution in [-0.4, -0.2) is 59.0 Å². The molecule has 1 aromatic rings. The van der Waals surface area contributed by atoms with Gasteiger partial charge in [0.1, 0.15) is 18.8 Å². The number of aliphatic hydroxyl groups excluding tert-OH is 1. The summed E-state index contributed by atoms with van der Waals surface area (Å²) in [7, 11) is 0. The number of carbonyl (C=O) groups is 1. The van der Waals surface area contributed by atoms with E-state index in [1.165, 1.54) is 0 Å². The highest BCUT2D eigenvalue weighted by Crippen LogP contribution is 2.31. The van der Waals surface area contributed by atoms with Crippen molar-refractivity contribution in [2.75, 3.05) is 19.7 Å². The van der Waals surface area contributed by atoms with Crippen LogP contribution in [0.25, 0.3) is 0 Å². The number of para-hydroxylation sites is 2. The van der Waals surface area contributed by atoms with Crippen LogP contribution in [0.2, 0.25) is 0 Å². The van der Waals surface area contributed by atoms with Crippen LogP contribution in [0.3, 0.4) is 0 Å². The van der Waals surface area contributed by atoms with Crippen molar-refractivity contribution in [3.05, 3.63) is 24.3 Å². The van der Waals surface area contributed by atoms with Gasteiger partial charge in [-0.25, -0.2) is 0 Å². The molecule has 2 aliphatic heterocycles. The Balaban J connectivity index is 1.66. The summed E-state index contributed by atoms with van der Waals surface area (Å²) in [6, 6.07) is 6.76. The maximum atomic E-state index is 11.2. The summed E-state index contributed by atoms with van der Waals surface area (Å²) in [5.74, 6) is 0.481. The minimum atomic E-state index is -0.904. The standard InChI is InChI=1S/C14H17NO5/c16-9-5-11(14(17)18)15(6-9)7-10-8-19-12-3-1-2-4-13(12)20-10/h1-4,9-11,16H,5-8H2,(H,17,18). The van der Waals surface area contributed by atoms with Crippen molar-refractivity contribution in [2.24, 2.45) is 0 Å². The number of nitrogens with zero attached hydrogens (tertiary/aromatic N) is 1. The van der Waals surface area contributed by atoms with Crippen LogP contribution >= 0.6 is 0 Å². The fraction of sp³-hybridized carbons (Fsp3) is 0.500. The zero-order chi connectivity index (χ0) is 14.1. The average Bonchev–Trinajstić information content (AvgIpc) is 2.80. The molecule has 2 N–H and O–H groups in total. The van der Waals surface area contributed by atoms with Gasteiger partial charge in [-0.05, 0) is 12.1 Å². The van der Waals surface area contributed by atoms with Crippen molar-refractivity contribution >= 4 is 5.97 Å². The van der Waals surface area contributed by atoms with Crippen molar-refractivity contribution in [2.45, 2.75) is 24.7 Å². The molecule has 20 heavy (non-hydrogen) atoms. The quantitative estimate of drug-likeness (QED) is 0.831. The second-order valence-electron chi connectivity index (χ2n) is 5.20. The van der Waals surface area contributed by atoms with E-state index in [4.69, 9.17) is 14.6 Å². The van der Waals surface area contributed by atoms with Crippen LogP contribution in [0.15, 0.2) is 24.3 Å². The second kappa shape index (κ2) is 5.30. The molecule has 0 radical (unpaired) electrons. The number of aliphatic hydroxyl groups is 1. The smallest absolute Gasteiger partial charge is 0.321 e. The lowest BCUT2D eigenvalue weighted by atomic mass is 10.2. The highest BCUT2D eigenvalue weighted by Gasteiger charge is 2.38. The molecular formula is C14H17NO5. The number of β-amino-alcohol motifs (C(OH)–C–C–N with tert-alkyl or cyclic N) is 1. The first-order valence-electron chi connectivity index (χ1n) is 6.67. The molecule has 3 rings (SSSR count). The maximum Gasteiger partial charge on any atom is 0.321 e. The van der Waals surface area contributed by atoms with Gasteiger partial charge in [0.2, 0.25) is 0 Å². The molecule has 0 bridgehead atoms. The van der Waals surface area contributed by atoms with E-state index in [9.17, 15) is 9.90 Å². The van der Waals surface area contributed by atoms with E-state index >= 15 is 0 Å². The van der Waals surface area contributed by atoms with Gasteiger partial charge in [0.25, 0.3) is 0 Å². The van der Waals surface area contributed by atoms with Gasteiger partial charge in [0, 0.05) is 19.5 Å². The topological polar surface area (TPSA) is 79.2 Å². The van der Waals surface area contributed by atoms with Gasteiger partial charge in [0.15, 0.2) is 11.5 Å². The number of likely N-dealkylation sites (tertiary alicyclic amines) is 1. The first-order valence-corrected chi connectivity index (χ1v) is 6.67. The number of aliphatic carboxylic acids is 1. The number of benzene rings is 1. The number of rotatable bonds is 3. The highest BCUT2D eigenvalue weighted by molar-refractivity contribution is 5.74. The first kappa shape index (κ1) is 13.2. The Morgan fingerprint density at radius 2 is 2.10 bits per heavy atom. The van der Waals surface area contributed by atoms with Crippen molar-refractivity contribution in [1.82, 2.24) is 4.90 Å². The van der Waals surface area contributed by atoms with Crippen LogP contribution in [0.1, 0.15) is 6.42 Å². The van der Waals surface area contributed by atoms with Crippen LogP contribution < -0.4 is 9.47 Å². The minimum absolute atomic E-state index is 0.225. The van der Waals surface area contributed by atoms with E-state index in [1.807, 2.05) is 24.3 Å². The first-order chi connectivity index (χ1) is 9.63. The van der Waals surface area contributed by atoms with Gasteiger partial charge in [-0.2, -0.15) is 0 Å². The van der Waals surface area contributed by atoms with E-state index in [0.29, 0.717) is 31.2 Å². The number of hydrogen-bond acceptors (Lipinski definition) is 5. The lowest BCUT2D eigenvalue weighted by molar-refractivity contribution is -0.142. The van der Waals surface area contributed by atoms with Gasteiger partial charge in [-0.3, -0.25) is 9.69 Å². The van der Waals surface area contributed by atoms with E-state index in [-0.39, 0.29) is 12.5 Å².